The first kappa shape index (κ1) is 18.6. The van der Waals surface area contributed by atoms with Crippen molar-refractivity contribution in [1.29, 1.82) is 0 Å². The minimum Gasteiger partial charge on any atom is -0.328 e. The quantitative estimate of drug-likeness (QED) is 0.614. The number of rotatable bonds is 4. The van der Waals surface area contributed by atoms with E-state index in [0.29, 0.717) is 23.3 Å². The average Bonchev–Trinajstić information content (AvgIpc) is 3.34. The van der Waals surface area contributed by atoms with Gasteiger partial charge in [0.15, 0.2) is 5.78 Å². The van der Waals surface area contributed by atoms with E-state index in [0.717, 1.165) is 28.9 Å². The van der Waals surface area contributed by atoms with E-state index in [-0.39, 0.29) is 17.2 Å². The lowest BCUT2D eigenvalue weighted by atomic mass is 9.73. The summed E-state index contributed by atoms with van der Waals surface area (Å²) in [7, 11) is 0. The molecule has 0 amide bonds. The highest BCUT2D eigenvalue weighted by molar-refractivity contribution is 7.98. The van der Waals surface area contributed by atoms with E-state index in [1.165, 1.54) is 0 Å². The molecular weight excluding hydrogens is 402 g/mol. The van der Waals surface area contributed by atoms with Gasteiger partial charge >= 0.3 is 0 Å². The van der Waals surface area contributed by atoms with E-state index < -0.39 is 0 Å². The number of aromatic nitrogens is 4. The van der Waals surface area contributed by atoms with Crippen LogP contribution < -0.4 is 5.32 Å². The van der Waals surface area contributed by atoms with Crippen molar-refractivity contribution in [2.45, 2.75) is 43.6 Å². The lowest BCUT2D eigenvalue weighted by molar-refractivity contribution is -0.118. The molecule has 5 rings (SSSR count). The minimum atomic E-state index is -0.215. The summed E-state index contributed by atoms with van der Waals surface area (Å²) in [6.07, 6.45) is 3.18. The monoisotopic (exact) mass is 423 g/mol. The molecule has 6 nitrogen and oxygen atoms in total. The maximum absolute atomic E-state index is 13.1. The number of anilines is 1. The summed E-state index contributed by atoms with van der Waals surface area (Å²) in [5.74, 6) is 1.60. The summed E-state index contributed by atoms with van der Waals surface area (Å²) in [5, 5.41) is 13.0. The Bertz CT molecular complexity index is 1090. The van der Waals surface area contributed by atoms with E-state index >= 15 is 0 Å². The average molecular weight is 424 g/mol. The first-order valence-electron chi connectivity index (χ1n) is 9.55. The van der Waals surface area contributed by atoms with Crippen molar-refractivity contribution in [3.63, 3.8) is 0 Å². The van der Waals surface area contributed by atoms with Crippen LogP contribution >= 0.6 is 23.1 Å². The third kappa shape index (κ3) is 3.51. The fourth-order valence-corrected chi connectivity index (χ4v) is 5.43. The number of hydrogen-bond acceptors (Lipinski definition) is 7. The normalized spacial score (nSPS) is 20.2. The number of ketones is 1. The molecule has 4 heterocycles. The second-order valence-corrected chi connectivity index (χ2v) is 9.91. The van der Waals surface area contributed by atoms with Gasteiger partial charge in [0.1, 0.15) is 6.04 Å². The predicted octanol–water partition coefficient (Wildman–Crippen LogP) is 4.69. The number of allylic oxidation sites excluding steroid dienone is 2. The number of carbonyl (C=O) groups is 1. The number of Topliss-reactive ketones (excluding diaryl/α,β-unsaturated/α-hetero) is 1. The maximum Gasteiger partial charge on any atom is 0.227 e. The van der Waals surface area contributed by atoms with E-state index in [2.05, 4.69) is 35.6 Å². The molecule has 29 heavy (non-hydrogen) atoms. The van der Waals surface area contributed by atoms with Gasteiger partial charge < -0.3 is 5.32 Å². The van der Waals surface area contributed by atoms with Crippen LogP contribution in [0.1, 0.15) is 44.0 Å². The second kappa shape index (κ2) is 7.11. The van der Waals surface area contributed by atoms with Crippen molar-refractivity contribution >= 4 is 34.8 Å². The molecule has 0 saturated carbocycles. The van der Waals surface area contributed by atoms with Crippen molar-refractivity contribution in [1.82, 2.24) is 19.7 Å². The molecule has 0 radical (unpaired) electrons. The van der Waals surface area contributed by atoms with Crippen LogP contribution in [-0.4, -0.2) is 25.5 Å². The molecule has 2 aliphatic rings. The van der Waals surface area contributed by atoms with Crippen molar-refractivity contribution in [2.75, 3.05) is 5.32 Å². The number of thioether (sulfide) groups is 1. The van der Waals surface area contributed by atoms with Crippen molar-refractivity contribution in [3.8, 4) is 0 Å². The topological polar surface area (TPSA) is 72.7 Å². The molecule has 3 aromatic rings. The zero-order valence-electron chi connectivity index (χ0n) is 16.3. The molecule has 1 aliphatic carbocycles. The zero-order valence-corrected chi connectivity index (χ0v) is 17.9. The number of fused-ring (bicyclic) bond motifs is 1. The Morgan fingerprint density at radius 2 is 2.21 bits per heavy atom. The van der Waals surface area contributed by atoms with Gasteiger partial charge in [0.25, 0.3) is 0 Å². The molecule has 148 valence electrons. The van der Waals surface area contributed by atoms with Crippen LogP contribution in [0.15, 0.2) is 57.6 Å². The van der Waals surface area contributed by atoms with Crippen molar-refractivity contribution in [2.24, 2.45) is 5.41 Å². The van der Waals surface area contributed by atoms with Gasteiger partial charge in [-0.1, -0.05) is 31.7 Å². The highest BCUT2D eigenvalue weighted by Crippen LogP contribution is 2.45. The highest BCUT2D eigenvalue weighted by Gasteiger charge is 2.41. The summed E-state index contributed by atoms with van der Waals surface area (Å²) in [6.45, 7) is 4.28. The van der Waals surface area contributed by atoms with Gasteiger partial charge in [0, 0.05) is 29.6 Å². The van der Waals surface area contributed by atoms with Crippen LogP contribution in [0.4, 0.5) is 5.95 Å². The summed E-state index contributed by atoms with van der Waals surface area (Å²) in [5.41, 5.74) is 3.84. The minimum absolute atomic E-state index is 0.0547. The molecule has 1 aliphatic heterocycles. The SMILES string of the molecule is CC1(C)CC(=O)C2=C(C1)Nc1nc(SCc3ccccn3)nn1[C@H]2c1ccsc1. The lowest BCUT2D eigenvalue weighted by Crippen LogP contribution is -2.36. The largest absolute Gasteiger partial charge is 0.328 e. The second-order valence-electron chi connectivity index (χ2n) is 8.19. The molecule has 8 heteroatoms. The number of nitrogens with zero attached hydrogens (tertiary/aromatic N) is 4. The van der Waals surface area contributed by atoms with Gasteiger partial charge in [-0.25, -0.2) is 4.68 Å². The number of carbonyl (C=O) groups excluding carboxylic acids is 1. The third-order valence-electron chi connectivity index (χ3n) is 5.25. The molecule has 0 spiro atoms. The molecule has 0 aromatic carbocycles. The van der Waals surface area contributed by atoms with Gasteiger partial charge in [-0.05, 0) is 46.4 Å². The van der Waals surface area contributed by atoms with E-state index in [1.54, 1.807) is 29.3 Å². The Labute approximate surface area is 177 Å². The molecule has 1 atom stereocenters. The van der Waals surface area contributed by atoms with Gasteiger partial charge in [0.05, 0.1) is 5.69 Å². The summed E-state index contributed by atoms with van der Waals surface area (Å²) >= 11 is 3.19. The number of nitrogens with one attached hydrogen (secondary N) is 1. The van der Waals surface area contributed by atoms with Crippen molar-refractivity contribution < 1.29 is 4.79 Å². The number of hydrogen-bond donors (Lipinski definition) is 1. The van der Waals surface area contributed by atoms with Gasteiger partial charge in [0.2, 0.25) is 11.1 Å². The smallest absolute Gasteiger partial charge is 0.227 e. The van der Waals surface area contributed by atoms with Crippen LogP contribution in [0, 0.1) is 5.41 Å². The molecule has 0 bridgehead atoms. The lowest BCUT2D eigenvalue weighted by Gasteiger charge is -2.37. The van der Waals surface area contributed by atoms with Crippen LogP contribution in [0.3, 0.4) is 0 Å². The summed E-state index contributed by atoms with van der Waals surface area (Å²) < 4.78 is 1.87. The van der Waals surface area contributed by atoms with E-state index in [4.69, 9.17) is 10.1 Å². The van der Waals surface area contributed by atoms with E-state index in [1.807, 2.05) is 28.3 Å². The summed E-state index contributed by atoms with van der Waals surface area (Å²) in [6, 6.07) is 7.74. The Hall–Kier alpha value is -2.45. The van der Waals surface area contributed by atoms with Gasteiger partial charge in [-0.2, -0.15) is 16.3 Å². The molecule has 0 unspecified atom stereocenters. The van der Waals surface area contributed by atoms with Crippen LogP contribution in [0.2, 0.25) is 0 Å². The molecule has 0 fully saturated rings. The van der Waals surface area contributed by atoms with Gasteiger partial charge in [-0.15, -0.1) is 5.10 Å². The first-order chi connectivity index (χ1) is 14.0. The number of pyridine rings is 1. The third-order valence-corrected chi connectivity index (χ3v) is 6.82. The molecule has 3 aromatic heterocycles. The standard InChI is InChI=1S/C21H21N5OS2/c1-21(2)9-15-17(16(27)10-21)18(13-6-8-28-11-13)26-19(23-15)24-20(25-26)29-12-14-5-3-4-7-22-14/h3-8,11,18H,9-10,12H2,1-2H3,(H,23,24,25)/t18-/m0/s1. The first-order valence-corrected chi connectivity index (χ1v) is 11.5. The van der Waals surface area contributed by atoms with Crippen LogP contribution in [0.5, 0.6) is 0 Å². The van der Waals surface area contributed by atoms with Crippen LogP contribution in [0.25, 0.3) is 0 Å². The zero-order chi connectivity index (χ0) is 20.0. The molecular formula is C21H21N5OS2. The fraction of sp³-hybridized carbons (Fsp3) is 0.333. The van der Waals surface area contributed by atoms with Crippen LogP contribution in [-0.2, 0) is 10.5 Å². The Kier molecular flexibility index (Phi) is 4.55. The Balaban J connectivity index is 1.51. The Morgan fingerprint density at radius 3 is 2.97 bits per heavy atom. The maximum atomic E-state index is 13.1. The van der Waals surface area contributed by atoms with Gasteiger partial charge in [-0.3, -0.25) is 9.78 Å². The molecule has 0 saturated heterocycles. The van der Waals surface area contributed by atoms with Crippen molar-refractivity contribution in [3.05, 3.63) is 63.7 Å². The summed E-state index contributed by atoms with van der Waals surface area (Å²) in [4.78, 5) is 22.2. The number of thiophene rings is 1. The predicted molar refractivity (Wildman–Crippen MR) is 115 cm³/mol. The Morgan fingerprint density at radius 1 is 1.31 bits per heavy atom. The van der Waals surface area contributed by atoms with E-state index in [9.17, 15) is 4.79 Å². The highest BCUT2D eigenvalue weighted by atomic mass is 32.2. The fourth-order valence-electron chi connectivity index (χ4n) is 4.01. The molecule has 1 N–H and O–H groups in total.